The molecule has 10 aromatic carbocycles. The smallest absolute Gasteiger partial charge is 0.138 e. The number of nitrogens with zero attached hydrogens (tertiary/aromatic N) is 6. The van der Waals surface area contributed by atoms with E-state index in [1.165, 1.54) is 0 Å². The number of hydrogen-bond donors (Lipinski definition) is 0. The van der Waals surface area contributed by atoms with Crippen molar-refractivity contribution >= 4 is 109 Å². The highest BCUT2D eigenvalue weighted by molar-refractivity contribution is 6.20. The van der Waals surface area contributed by atoms with Crippen LogP contribution in [-0.4, -0.2) is 23.3 Å². The third-order valence-electron chi connectivity index (χ3n) is 15.3. The van der Waals surface area contributed by atoms with Crippen molar-refractivity contribution in [1.29, 1.82) is 5.26 Å². The molecule has 16 rings (SSSR count). The number of hydrogen-bond acceptors (Lipinski definition) is 3. The van der Waals surface area contributed by atoms with Crippen LogP contribution < -0.4 is 0 Å². The van der Waals surface area contributed by atoms with Crippen molar-refractivity contribution in [3.05, 3.63) is 236 Å². The maximum Gasteiger partial charge on any atom is 0.138 e. The summed E-state index contributed by atoms with van der Waals surface area (Å²) >= 11 is 0. The molecule has 0 atom stereocenters. The molecule has 6 heterocycles. The lowest BCUT2D eigenvalue weighted by Crippen LogP contribution is -2.16. The number of furan rings is 1. The SMILES string of the molecule is N#Cc1c(-n2c3ccccc3c3ccccc32)c(-n2c3ccccc3c3ccccc32)c(-c2cccc3oc4ccncc4c23)c(-n2c3ccccc3c3ccccc32)c1-n1c2ccccc2c2ccccc21. The van der Waals surface area contributed by atoms with Gasteiger partial charge in [0.05, 0.1) is 66.9 Å². The first-order valence-electron chi connectivity index (χ1n) is 24.6. The van der Waals surface area contributed by atoms with Gasteiger partial charge < -0.3 is 22.7 Å². The van der Waals surface area contributed by atoms with Crippen molar-refractivity contribution in [3.8, 4) is 39.9 Å². The zero-order valence-electron chi connectivity index (χ0n) is 39.0. The third-order valence-corrected chi connectivity index (χ3v) is 15.3. The number of pyridine rings is 1. The van der Waals surface area contributed by atoms with Crippen molar-refractivity contribution in [2.24, 2.45) is 0 Å². The van der Waals surface area contributed by atoms with Crippen LogP contribution in [0.4, 0.5) is 0 Å². The largest absolute Gasteiger partial charge is 0.456 e. The minimum Gasteiger partial charge on any atom is -0.456 e. The van der Waals surface area contributed by atoms with Gasteiger partial charge in [-0.25, -0.2) is 0 Å². The summed E-state index contributed by atoms with van der Waals surface area (Å²) < 4.78 is 16.4. The van der Waals surface area contributed by atoms with Gasteiger partial charge in [-0.15, -0.1) is 0 Å². The summed E-state index contributed by atoms with van der Waals surface area (Å²) in [6.45, 7) is 0. The molecule has 73 heavy (non-hydrogen) atoms. The van der Waals surface area contributed by atoms with E-state index < -0.39 is 0 Å². The summed E-state index contributed by atoms with van der Waals surface area (Å²) in [5.41, 5.74) is 15.1. The molecule has 0 aliphatic carbocycles. The van der Waals surface area contributed by atoms with Crippen molar-refractivity contribution in [2.45, 2.75) is 0 Å². The molecule has 0 saturated heterocycles. The molecule has 0 N–H and O–H groups in total. The zero-order chi connectivity index (χ0) is 47.9. The lowest BCUT2D eigenvalue weighted by atomic mass is 9.91. The van der Waals surface area contributed by atoms with Crippen LogP contribution >= 0.6 is 0 Å². The Balaban J connectivity index is 1.30. The standard InChI is InChI=1S/C66H38N6O/c67-38-49-63(69-51-27-9-1-18-40(51)41-19-2-10-28-52(41)69)65(71-55-31-13-5-22-44(55)45-23-6-14-32-56(45)71)62(48-26-17-35-60-61(48)50-39-68-37-36-59(50)73-60)66(72-57-33-15-7-24-46(57)47-25-8-16-34-58(47)72)64(49)70-53-29-11-3-20-42(53)43-21-4-12-30-54(43)70/h1-37,39H. The summed E-state index contributed by atoms with van der Waals surface area (Å²) in [4.78, 5) is 4.74. The van der Waals surface area contributed by atoms with E-state index in [2.05, 4.69) is 237 Å². The summed E-state index contributed by atoms with van der Waals surface area (Å²) in [5, 5.41) is 23.4. The number of benzene rings is 10. The van der Waals surface area contributed by atoms with Gasteiger partial charge in [0.25, 0.3) is 0 Å². The van der Waals surface area contributed by atoms with Crippen LogP contribution in [0.3, 0.4) is 0 Å². The Hall–Kier alpha value is -10.2. The fraction of sp³-hybridized carbons (Fsp3) is 0. The Morgan fingerprint density at radius 1 is 0.329 bits per heavy atom. The average Bonchev–Trinajstić information content (AvgIpc) is 4.25. The van der Waals surface area contributed by atoms with Gasteiger partial charge in [0.1, 0.15) is 22.8 Å². The van der Waals surface area contributed by atoms with Crippen molar-refractivity contribution in [1.82, 2.24) is 23.3 Å². The second-order valence-electron chi connectivity index (χ2n) is 18.9. The van der Waals surface area contributed by atoms with E-state index in [1.54, 1.807) is 6.20 Å². The molecular formula is C66H38N6O. The van der Waals surface area contributed by atoms with Gasteiger partial charge in [-0.3, -0.25) is 4.98 Å². The maximum atomic E-state index is 12.8. The Labute approximate surface area is 416 Å². The van der Waals surface area contributed by atoms with E-state index in [4.69, 9.17) is 9.40 Å². The molecule has 0 radical (unpaired) electrons. The molecule has 0 aliphatic rings. The fourth-order valence-corrected chi connectivity index (χ4v) is 12.5. The topological polar surface area (TPSA) is 69.5 Å². The van der Waals surface area contributed by atoms with E-state index in [1.807, 2.05) is 12.3 Å². The quantitative estimate of drug-likeness (QED) is 0.173. The number of aromatic nitrogens is 5. The number of fused-ring (bicyclic) bond motifs is 15. The van der Waals surface area contributed by atoms with Gasteiger partial charge in [0, 0.05) is 71.8 Å². The van der Waals surface area contributed by atoms with Crippen molar-refractivity contribution in [3.63, 3.8) is 0 Å². The zero-order valence-corrected chi connectivity index (χ0v) is 39.0. The predicted octanol–water partition coefficient (Wildman–Crippen LogP) is 16.9. The second-order valence-corrected chi connectivity index (χ2v) is 18.9. The van der Waals surface area contributed by atoms with Crippen LogP contribution in [0.1, 0.15) is 5.56 Å². The molecule has 0 fully saturated rings. The highest BCUT2D eigenvalue weighted by Gasteiger charge is 2.35. The molecule has 16 aromatic rings. The third kappa shape index (κ3) is 5.28. The first-order chi connectivity index (χ1) is 36.3. The van der Waals surface area contributed by atoms with Gasteiger partial charge in [-0.1, -0.05) is 158 Å². The lowest BCUT2D eigenvalue weighted by Gasteiger charge is -2.29. The molecular weight excluding hydrogens is 893 g/mol. The molecule has 0 spiro atoms. The average molecular weight is 931 g/mol. The normalized spacial score (nSPS) is 12.1. The Morgan fingerprint density at radius 3 is 1.00 bits per heavy atom. The summed E-state index contributed by atoms with van der Waals surface area (Å²) in [6, 6.07) is 80.6. The Kier molecular flexibility index (Phi) is 8.11. The minimum absolute atomic E-state index is 0.515. The van der Waals surface area contributed by atoms with E-state index >= 15 is 0 Å². The van der Waals surface area contributed by atoms with Gasteiger partial charge in [0.2, 0.25) is 0 Å². The van der Waals surface area contributed by atoms with E-state index in [9.17, 15) is 5.26 Å². The fourth-order valence-electron chi connectivity index (χ4n) is 12.5. The maximum absolute atomic E-state index is 12.8. The van der Waals surface area contributed by atoms with Gasteiger partial charge >= 0.3 is 0 Å². The van der Waals surface area contributed by atoms with E-state index in [-0.39, 0.29) is 0 Å². The number of para-hydroxylation sites is 8. The molecule has 6 aromatic heterocycles. The van der Waals surface area contributed by atoms with E-state index in [0.717, 1.165) is 143 Å². The predicted molar refractivity (Wildman–Crippen MR) is 299 cm³/mol. The lowest BCUT2D eigenvalue weighted by molar-refractivity contribution is 0.668. The van der Waals surface area contributed by atoms with E-state index in [0.29, 0.717) is 5.56 Å². The summed E-state index contributed by atoms with van der Waals surface area (Å²) in [6.07, 6.45) is 3.72. The molecule has 0 saturated carbocycles. The van der Waals surface area contributed by atoms with Gasteiger partial charge in [-0.05, 0) is 66.2 Å². The van der Waals surface area contributed by atoms with Crippen LogP contribution in [0.5, 0.6) is 0 Å². The molecule has 7 nitrogen and oxygen atoms in total. The van der Waals surface area contributed by atoms with Crippen molar-refractivity contribution in [2.75, 3.05) is 0 Å². The minimum atomic E-state index is 0.515. The Morgan fingerprint density at radius 2 is 0.658 bits per heavy atom. The van der Waals surface area contributed by atoms with Crippen LogP contribution in [-0.2, 0) is 0 Å². The molecule has 0 bridgehead atoms. The molecule has 0 aliphatic heterocycles. The first kappa shape index (κ1) is 39.7. The number of rotatable bonds is 5. The second kappa shape index (κ2) is 14.9. The number of nitriles is 1. The molecule has 0 unspecified atom stereocenters. The highest BCUT2D eigenvalue weighted by Crippen LogP contribution is 2.53. The Bertz CT molecular complexity index is 4600. The van der Waals surface area contributed by atoms with Crippen molar-refractivity contribution < 1.29 is 4.42 Å². The molecule has 338 valence electrons. The molecule has 0 amide bonds. The first-order valence-corrected chi connectivity index (χ1v) is 24.6. The highest BCUT2D eigenvalue weighted by atomic mass is 16.3. The van der Waals surface area contributed by atoms with Crippen LogP contribution in [0.2, 0.25) is 0 Å². The summed E-state index contributed by atoms with van der Waals surface area (Å²) in [7, 11) is 0. The van der Waals surface area contributed by atoms with Gasteiger partial charge in [-0.2, -0.15) is 5.26 Å². The monoisotopic (exact) mass is 930 g/mol. The van der Waals surface area contributed by atoms with Crippen LogP contribution in [0, 0.1) is 11.3 Å². The molecule has 7 heteroatoms. The van der Waals surface area contributed by atoms with Crippen LogP contribution in [0.25, 0.3) is 143 Å². The summed E-state index contributed by atoms with van der Waals surface area (Å²) in [5.74, 6) is 0. The van der Waals surface area contributed by atoms with Crippen LogP contribution in [0.15, 0.2) is 235 Å². The van der Waals surface area contributed by atoms with Gasteiger partial charge in [0.15, 0.2) is 0 Å².